The number of hydrogen-bond acceptors (Lipinski definition) is 2. The summed E-state index contributed by atoms with van der Waals surface area (Å²) in [6.45, 7) is 16.0. The highest BCUT2D eigenvalue weighted by atomic mass is 16.2. The molecule has 0 aromatic heterocycles. The fraction of sp³-hybridized carbons (Fsp3) is 0.533. The summed E-state index contributed by atoms with van der Waals surface area (Å²) in [5, 5.41) is 0. The molecule has 108 valence electrons. The third kappa shape index (κ3) is 17.1. The molecule has 3 nitrogen and oxygen atoms in total. The SMILES string of the molecule is CC.CC.CC.CC.NNC(=O)c1ccccc1. The Morgan fingerprint density at radius 3 is 1.44 bits per heavy atom. The van der Waals surface area contributed by atoms with Gasteiger partial charge in [-0.25, -0.2) is 5.84 Å². The molecule has 18 heavy (non-hydrogen) atoms. The van der Waals surface area contributed by atoms with E-state index in [0.717, 1.165) is 0 Å². The Labute approximate surface area is 114 Å². The molecule has 0 saturated heterocycles. The largest absolute Gasteiger partial charge is 0.290 e. The molecule has 0 aliphatic rings. The lowest BCUT2D eigenvalue weighted by Gasteiger charge is -1.95. The molecular weight excluding hydrogens is 224 g/mol. The third-order valence-electron chi connectivity index (χ3n) is 1.17. The number of benzene rings is 1. The maximum atomic E-state index is 10.8. The first kappa shape index (κ1) is 25.5. The van der Waals surface area contributed by atoms with Crippen molar-refractivity contribution in [2.45, 2.75) is 55.4 Å². The van der Waals surface area contributed by atoms with Crippen LogP contribution in [0, 0.1) is 0 Å². The van der Waals surface area contributed by atoms with Crippen molar-refractivity contribution < 1.29 is 4.79 Å². The molecule has 0 aliphatic heterocycles. The highest BCUT2D eigenvalue weighted by Crippen LogP contribution is 1.95. The molecule has 0 radical (unpaired) electrons. The van der Waals surface area contributed by atoms with E-state index in [0.29, 0.717) is 5.56 Å². The smallest absolute Gasteiger partial charge is 0.265 e. The quantitative estimate of drug-likeness (QED) is 0.444. The number of amides is 1. The van der Waals surface area contributed by atoms with Gasteiger partial charge in [-0.15, -0.1) is 0 Å². The van der Waals surface area contributed by atoms with Crippen LogP contribution in [-0.2, 0) is 0 Å². The first-order valence-corrected chi connectivity index (χ1v) is 6.90. The molecule has 1 aromatic carbocycles. The van der Waals surface area contributed by atoms with Gasteiger partial charge in [-0.3, -0.25) is 10.2 Å². The maximum Gasteiger partial charge on any atom is 0.265 e. The number of rotatable bonds is 1. The van der Waals surface area contributed by atoms with Crippen molar-refractivity contribution in [3.05, 3.63) is 35.9 Å². The summed E-state index contributed by atoms with van der Waals surface area (Å²) in [5.74, 6) is 4.64. The standard InChI is InChI=1S/C7H8N2O.4C2H6/c8-9-7(10)6-4-2-1-3-5-6;4*1-2/h1-5H,8H2,(H,9,10);4*1-2H3. The van der Waals surface area contributed by atoms with Gasteiger partial charge < -0.3 is 0 Å². The summed E-state index contributed by atoms with van der Waals surface area (Å²) in [6.07, 6.45) is 0. The number of nitrogen functional groups attached to an aromatic ring is 1. The maximum absolute atomic E-state index is 10.8. The molecule has 0 atom stereocenters. The lowest BCUT2D eigenvalue weighted by Crippen LogP contribution is -2.29. The van der Waals surface area contributed by atoms with Crippen LogP contribution in [0.5, 0.6) is 0 Å². The van der Waals surface area contributed by atoms with Crippen LogP contribution in [0.4, 0.5) is 0 Å². The molecule has 0 unspecified atom stereocenters. The van der Waals surface area contributed by atoms with Gasteiger partial charge in [-0.1, -0.05) is 73.6 Å². The molecule has 0 bridgehead atoms. The zero-order valence-electron chi connectivity index (χ0n) is 13.4. The van der Waals surface area contributed by atoms with Gasteiger partial charge in [0.25, 0.3) is 5.91 Å². The second-order valence-electron chi connectivity index (χ2n) is 1.84. The van der Waals surface area contributed by atoms with Crippen LogP contribution in [0.2, 0.25) is 0 Å². The Morgan fingerprint density at radius 2 is 1.17 bits per heavy atom. The Balaban J connectivity index is -0.000000105. The minimum absolute atomic E-state index is 0.263. The van der Waals surface area contributed by atoms with Gasteiger partial charge >= 0.3 is 0 Å². The minimum Gasteiger partial charge on any atom is -0.290 e. The summed E-state index contributed by atoms with van der Waals surface area (Å²) in [7, 11) is 0. The molecule has 1 amide bonds. The van der Waals surface area contributed by atoms with Crippen molar-refractivity contribution in [3.63, 3.8) is 0 Å². The van der Waals surface area contributed by atoms with E-state index in [9.17, 15) is 4.79 Å². The van der Waals surface area contributed by atoms with Crippen molar-refractivity contribution in [2.24, 2.45) is 5.84 Å². The zero-order chi connectivity index (χ0) is 15.4. The zero-order valence-corrected chi connectivity index (χ0v) is 13.4. The topological polar surface area (TPSA) is 55.1 Å². The Kier molecular flexibility index (Phi) is 41.9. The highest BCUT2D eigenvalue weighted by molar-refractivity contribution is 5.93. The Bertz CT molecular complexity index is 223. The minimum atomic E-state index is -0.263. The van der Waals surface area contributed by atoms with E-state index in [1.165, 1.54) is 0 Å². The molecule has 1 rings (SSSR count). The predicted molar refractivity (Wildman–Crippen MR) is 83.5 cm³/mol. The second-order valence-corrected chi connectivity index (χ2v) is 1.84. The van der Waals surface area contributed by atoms with Crippen molar-refractivity contribution in [1.82, 2.24) is 5.43 Å². The third-order valence-corrected chi connectivity index (χ3v) is 1.17. The molecule has 0 heterocycles. The average molecular weight is 256 g/mol. The van der Waals surface area contributed by atoms with Gasteiger partial charge in [0.2, 0.25) is 0 Å². The molecule has 3 N–H and O–H groups in total. The molecule has 0 saturated carbocycles. The summed E-state index contributed by atoms with van der Waals surface area (Å²) in [5.41, 5.74) is 2.62. The lowest BCUT2D eigenvalue weighted by atomic mass is 10.2. The van der Waals surface area contributed by atoms with E-state index in [1.807, 2.05) is 66.9 Å². The van der Waals surface area contributed by atoms with Crippen LogP contribution in [0.3, 0.4) is 0 Å². The fourth-order valence-corrected chi connectivity index (χ4v) is 0.673. The predicted octanol–water partition coefficient (Wildman–Crippen LogP) is 4.39. The van der Waals surface area contributed by atoms with Crippen LogP contribution in [0.1, 0.15) is 65.7 Å². The van der Waals surface area contributed by atoms with Crippen LogP contribution in [0.25, 0.3) is 0 Å². The van der Waals surface area contributed by atoms with Crippen LogP contribution in [0.15, 0.2) is 30.3 Å². The number of nitrogens with one attached hydrogen (secondary N) is 1. The number of hydrogen-bond donors (Lipinski definition) is 2. The monoisotopic (exact) mass is 256 g/mol. The highest BCUT2D eigenvalue weighted by Gasteiger charge is 1.98. The molecule has 3 heteroatoms. The van der Waals surface area contributed by atoms with Gasteiger partial charge in [-0.05, 0) is 12.1 Å². The Morgan fingerprint density at radius 1 is 0.833 bits per heavy atom. The van der Waals surface area contributed by atoms with Crippen molar-refractivity contribution >= 4 is 5.91 Å². The molecular formula is C15H32N2O. The van der Waals surface area contributed by atoms with E-state index in [-0.39, 0.29) is 5.91 Å². The van der Waals surface area contributed by atoms with Gasteiger partial charge in [0.15, 0.2) is 0 Å². The van der Waals surface area contributed by atoms with E-state index in [4.69, 9.17) is 5.84 Å². The van der Waals surface area contributed by atoms with Gasteiger partial charge in [0.05, 0.1) is 0 Å². The number of carbonyl (C=O) groups excluding carboxylic acids is 1. The summed E-state index contributed by atoms with van der Waals surface area (Å²) < 4.78 is 0. The van der Waals surface area contributed by atoms with Crippen LogP contribution < -0.4 is 11.3 Å². The summed E-state index contributed by atoms with van der Waals surface area (Å²) in [6, 6.07) is 8.80. The van der Waals surface area contributed by atoms with Crippen molar-refractivity contribution in [3.8, 4) is 0 Å². The normalized spacial score (nSPS) is 6.28. The molecule has 0 spiro atoms. The lowest BCUT2D eigenvalue weighted by molar-refractivity contribution is 0.0953. The Hall–Kier alpha value is -1.35. The second kappa shape index (κ2) is 29.6. The number of hydrazine groups is 1. The summed E-state index contributed by atoms with van der Waals surface area (Å²) in [4.78, 5) is 10.8. The van der Waals surface area contributed by atoms with Gasteiger partial charge in [0.1, 0.15) is 0 Å². The van der Waals surface area contributed by atoms with Gasteiger partial charge in [0, 0.05) is 5.56 Å². The van der Waals surface area contributed by atoms with Crippen molar-refractivity contribution in [1.29, 1.82) is 0 Å². The molecule has 0 aliphatic carbocycles. The van der Waals surface area contributed by atoms with Crippen LogP contribution in [-0.4, -0.2) is 5.91 Å². The number of nitrogens with two attached hydrogens (primary N) is 1. The van der Waals surface area contributed by atoms with E-state index < -0.39 is 0 Å². The fourth-order valence-electron chi connectivity index (χ4n) is 0.673. The van der Waals surface area contributed by atoms with E-state index in [2.05, 4.69) is 0 Å². The van der Waals surface area contributed by atoms with Gasteiger partial charge in [-0.2, -0.15) is 0 Å². The van der Waals surface area contributed by atoms with Crippen molar-refractivity contribution in [2.75, 3.05) is 0 Å². The molecule has 0 fully saturated rings. The first-order chi connectivity index (χ1) is 8.84. The average Bonchev–Trinajstić information content (AvgIpc) is 2.55. The van der Waals surface area contributed by atoms with E-state index in [1.54, 1.807) is 24.3 Å². The van der Waals surface area contributed by atoms with Crippen LogP contribution >= 0.6 is 0 Å². The van der Waals surface area contributed by atoms with E-state index >= 15 is 0 Å². The summed E-state index contributed by atoms with van der Waals surface area (Å²) >= 11 is 0. The first-order valence-electron chi connectivity index (χ1n) is 6.90. The molecule has 1 aromatic rings. The number of carbonyl (C=O) groups is 1.